The molecule has 1 aliphatic heterocycles. The summed E-state index contributed by atoms with van der Waals surface area (Å²) in [5.41, 5.74) is 3.66. The smallest absolute Gasteiger partial charge is 0.300 e. The van der Waals surface area contributed by atoms with Crippen molar-refractivity contribution in [3.63, 3.8) is 0 Å². The number of aliphatic hydroxyl groups excluding tert-OH is 1. The van der Waals surface area contributed by atoms with Crippen LogP contribution in [0.5, 0.6) is 5.75 Å². The average Bonchev–Trinajstić information content (AvgIpc) is 3.19. The van der Waals surface area contributed by atoms with Gasteiger partial charge in [0.05, 0.1) is 18.7 Å². The zero-order valence-electron chi connectivity index (χ0n) is 22.4. The van der Waals surface area contributed by atoms with Crippen LogP contribution in [0.4, 0.5) is 11.4 Å². The Morgan fingerprint density at radius 1 is 1.00 bits per heavy atom. The van der Waals surface area contributed by atoms with Gasteiger partial charge in [0.1, 0.15) is 11.5 Å². The number of halogens is 1. The largest absolute Gasteiger partial charge is 0.507 e. The van der Waals surface area contributed by atoms with E-state index in [-0.39, 0.29) is 17.3 Å². The number of methoxy groups -OCH3 is 1. The lowest BCUT2D eigenvalue weighted by atomic mass is 9.93. The summed E-state index contributed by atoms with van der Waals surface area (Å²) < 4.78 is 5.49. The molecule has 1 saturated heterocycles. The van der Waals surface area contributed by atoms with Crippen LogP contribution in [0.3, 0.4) is 0 Å². The van der Waals surface area contributed by atoms with E-state index in [1.807, 2.05) is 44.2 Å². The summed E-state index contributed by atoms with van der Waals surface area (Å²) in [7, 11) is 1.60. The first-order chi connectivity index (χ1) is 18.2. The summed E-state index contributed by atoms with van der Waals surface area (Å²) in [5, 5.41) is 12.1. The summed E-state index contributed by atoms with van der Waals surface area (Å²) in [4.78, 5) is 30.6. The van der Waals surface area contributed by atoms with Crippen molar-refractivity contribution < 1.29 is 19.4 Å². The van der Waals surface area contributed by atoms with Crippen LogP contribution in [-0.4, -0.2) is 37.0 Å². The van der Waals surface area contributed by atoms with Crippen molar-refractivity contribution in [1.29, 1.82) is 0 Å². The molecule has 38 heavy (non-hydrogen) atoms. The molecular formula is C31H33ClN2O4. The first-order valence-electron chi connectivity index (χ1n) is 12.8. The number of ketones is 1. The fraction of sp³-hybridized carbons (Fsp3) is 0.290. The lowest BCUT2D eigenvalue weighted by Crippen LogP contribution is -2.29. The molecule has 198 valence electrons. The molecule has 0 aliphatic carbocycles. The van der Waals surface area contributed by atoms with Gasteiger partial charge in [-0.3, -0.25) is 14.5 Å². The minimum Gasteiger partial charge on any atom is -0.507 e. The molecule has 1 atom stereocenters. The molecule has 0 saturated carbocycles. The van der Waals surface area contributed by atoms with E-state index >= 15 is 0 Å². The quantitative estimate of drug-likeness (QED) is 0.193. The summed E-state index contributed by atoms with van der Waals surface area (Å²) in [6.07, 6.45) is 0. The number of benzene rings is 3. The van der Waals surface area contributed by atoms with Crippen molar-refractivity contribution in [3.8, 4) is 5.75 Å². The standard InChI is InChI=1S/C31H33ClN2O4/c1-6-33(7-2)23-13-8-20(9-14-23)28-27(29(35)21-10-17-26(38-5)25(18-21)19(3)4)30(36)31(37)34(28)24-15-11-22(32)12-16-24/h8-19,28,35H,6-7H2,1-5H3/b29-27-. The second-order valence-electron chi connectivity index (χ2n) is 9.52. The predicted octanol–water partition coefficient (Wildman–Crippen LogP) is 6.94. The first kappa shape index (κ1) is 27.3. The number of Topliss-reactive ketones (excluding diaryl/α,β-unsaturated/α-hetero) is 1. The lowest BCUT2D eigenvalue weighted by molar-refractivity contribution is -0.132. The van der Waals surface area contributed by atoms with Gasteiger partial charge >= 0.3 is 0 Å². The zero-order valence-corrected chi connectivity index (χ0v) is 23.1. The van der Waals surface area contributed by atoms with Gasteiger partial charge in [0.2, 0.25) is 0 Å². The van der Waals surface area contributed by atoms with E-state index in [0.717, 1.165) is 24.3 Å². The van der Waals surface area contributed by atoms with E-state index in [1.54, 1.807) is 43.5 Å². The normalized spacial score (nSPS) is 16.8. The maximum absolute atomic E-state index is 13.5. The van der Waals surface area contributed by atoms with E-state index in [0.29, 0.717) is 27.6 Å². The Morgan fingerprint density at radius 3 is 2.18 bits per heavy atom. The van der Waals surface area contributed by atoms with Crippen LogP contribution in [0, 0.1) is 0 Å². The average molecular weight is 533 g/mol. The van der Waals surface area contributed by atoms with Gasteiger partial charge < -0.3 is 14.7 Å². The molecule has 7 heteroatoms. The zero-order chi connectivity index (χ0) is 27.6. The number of rotatable bonds is 8. The molecule has 0 radical (unpaired) electrons. The number of amides is 1. The number of hydrogen-bond acceptors (Lipinski definition) is 5. The van der Waals surface area contributed by atoms with Gasteiger partial charge in [0.15, 0.2) is 0 Å². The maximum atomic E-state index is 13.5. The van der Waals surface area contributed by atoms with Crippen molar-refractivity contribution >= 4 is 40.4 Å². The minimum absolute atomic E-state index is 0.0420. The van der Waals surface area contributed by atoms with Gasteiger partial charge in [-0.05, 0) is 85.5 Å². The molecule has 0 aromatic heterocycles. The van der Waals surface area contributed by atoms with Crippen LogP contribution < -0.4 is 14.5 Å². The molecule has 4 rings (SSSR count). The van der Waals surface area contributed by atoms with Gasteiger partial charge in [-0.1, -0.05) is 37.6 Å². The molecule has 0 spiro atoms. The van der Waals surface area contributed by atoms with E-state index in [4.69, 9.17) is 16.3 Å². The third-order valence-corrected chi connectivity index (χ3v) is 7.26. The second kappa shape index (κ2) is 11.3. The molecule has 0 bridgehead atoms. The number of hydrogen-bond donors (Lipinski definition) is 1. The molecule has 1 fully saturated rings. The van der Waals surface area contributed by atoms with Gasteiger partial charge in [-0.15, -0.1) is 0 Å². The molecule has 1 amide bonds. The van der Waals surface area contributed by atoms with Crippen LogP contribution in [0.1, 0.15) is 56.3 Å². The number of aliphatic hydroxyl groups is 1. The van der Waals surface area contributed by atoms with Gasteiger partial charge in [0.25, 0.3) is 11.7 Å². The van der Waals surface area contributed by atoms with Crippen molar-refractivity contribution in [2.24, 2.45) is 0 Å². The fourth-order valence-corrected chi connectivity index (χ4v) is 5.09. The third-order valence-electron chi connectivity index (χ3n) is 7.01. The number of carbonyl (C=O) groups is 2. The highest BCUT2D eigenvalue weighted by molar-refractivity contribution is 6.51. The predicted molar refractivity (Wildman–Crippen MR) is 153 cm³/mol. The van der Waals surface area contributed by atoms with Crippen molar-refractivity contribution in [2.75, 3.05) is 30.0 Å². The second-order valence-corrected chi connectivity index (χ2v) is 9.96. The van der Waals surface area contributed by atoms with Crippen LogP contribution in [0.25, 0.3) is 5.76 Å². The number of anilines is 2. The fourth-order valence-electron chi connectivity index (χ4n) is 4.96. The molecule has 6 nitrogen and oxygen atoms in total. The Hall–Kier alpha value is -3.77. The molecule has 1 heterocycles. The molecule has 1 unspecified atom stereocenters. The lowest BCUT2D eigenvalue weighted by Gasteiger charge is -2.27. The van der Waals surface area contributed by atoms with Crippen LogP contribution in [0.15, 0.2) is 72.3 Å². The topological polar surface area (TPSA) is 70.1 Å². The first-order valence-corrected chi connectivity index (χ1v) is 13.2. The highest BCUT2D eigenvalue weighted by atomic mass is 35.5. The van der Waals surface area contributed by atoms with E-state index in [2.05, 4.69) is 18.7 Å². The number of nitrogens with zero attached hydrogens (tertiary/aromatic N) is 2. The Balaban J connectivity index is 1.91. The number of carbonyl (C=O) groups excluding carboxylic acids is 2. The third kappa shape index (κ3) is 5.01. The van der Waals surface area contributed by atoms with Crippen molar-refractivity contribution in [1.82, 2.24) is 0 Å². The van der Waals surface area contributed by atoms with Gasteiger partial charge in [0, 0.05) is 35.1 Å². The van der Waals surface area contributed by atoms with E-state index in [1.165, 1.54) is 4.90 Å². The van der Waals surface area contributed by atoms with E-state index < -0.39 is 17.7 Å². The summed E-state index contributed by atoms with van der Waals surface area (Å²) in [6.45, 7) is 9.95. The van der Waals surface area contributed by atoms with Crippen molar-refractivity contribution in [2.45, 2.75) is 39.7 Å². The van der Waals surface area contributed by atoms with E-state index in [9.17, 15) is 14.7 Å². The number of ether oxygens (including phenoxy) is 1. The summed E-state index contributed by atoms with van der Waals surface area (Å²) >= 11 is 6.10. The Labute approximate surface area is 229 Å². The van der Waals surface area contributed by atoms with Gasteiger partial charge in [-0.25, -0.2) is 0 Å². The summed E-state index contributed by atoms with van der Waals surface area (Å²) in [5.74, 6) is -0.844. The monoisotopic (exact) mass is 532 g/mol. The molecule has 1 aliphatic rings. The Kier molecular flexibility index (Phi) is 8.12. The van der Waals surface area contributed by atoms with Crippen LogP contribution in [0.2, 0.25) is 5.02 Å². The minimum atomic E-state index is -0.813. The van der Waals surface area contributed by atoms with Crippen molar-refractivity contribution in [3.05, 3.63) is 94.0 Å². The molecule has 3 aromatic carbocycles. The Bertz CT molecular complexity index is 1360. The van der Waals surface area contributed by atoms with Crippen LogP contribution >= 0.6 is 11.6 Å². The summed E-state index contributed by atoms with van der Waals surface area (Å²) in [6, 6.07) is 19.0. The molecule has 1 N–H and O–H groups in total. The highest BCUT2D eigenvalue weighted by Crippen LogP contribution is 2.43. The Morgan fingerprint density at radius 2 is 1.63 bits per heavy atom. The van der Waals surface area contributed by atoms with Crippen LogP contribution in [-0.2, 0) is 9.59 Å². The SMILES string of the molecule is CCN(CC)c1ccc(C2/C(=C(/O)c3ccc(OC)c(C(C)C)c3)C(=O)C(=O)N2c2ccc(Cl)cc2)cc1. The molecular weight excluding hydrogens is 500 g/mol. The maximum Gasteiger partial charge on any atom is 0.300 e. The molecule has 3 aromatic rings. The highest BCUT2D eigenvalue weighted by Gasteiger charge is 2.47. The van der Waals surface area contributed by atoms with Gasteiger partial charge in [-0.2, -0.15) is 0 Å².